The lowest BCUT2D eigenvalue weighted by atomic mass is 9.68. The first-order valence-electron chi connectivity index (χ1n) is 30.6. The predicted octanol–water partition coefficient (Wildman–Crippen LogP) is 10.8. The maximum absolute atomic E-state index is 13.3. The van der Waals surface area contributed by atoms with E-state index in [4.69, 9.17) is 32.7 Å². The fourth-order valence-electron chi connectivity index (χ4n) is 14.6. The van der Waals surface area contributed by atoms with E-state index < -0.39 is 54.6 Å². The minimum Gasteiger partial charge on any atom is -0.490 e. The van der Waals surface area contributed by atoms with Crippen molar-refractivity contribution in [2.24, 2.45) is 23.7 Å². The molecule has 4 aliphatic heterocycles. The van der Waals surface area contributed by atoms with E-state index in [9.17, 15) is 36.6 Å². The Kier molecular flexibility index (Phi) is 18.1. The van der Waals surface area contributed by atoms with E-state index in [0.29, 0.717) is 49.6 Å². The normalized spacial score (nSPS) is 31.4. The molecule has 8 aliphatic rings. The molecule has 4 aromatic carbocycles. The maximum atomic E-state index is 13.3. The molecule has 14 nitrogen and oxygen atoms in total. The van der Waals surface area contributed by atoms with E-state index in [1.807, 2.05) is 24.3 Å². The Morgan fingerprint density at radius 2 is 0.988 bits per heavy atom. The number of carbonyl (C=O) groups excluding carboxylic acids is 2. The van der Waals surface area contributed by atoms with Crippen LogP contribution in [0.5, 0.6) is 11.5 Å². The zero-order valence-corrected chi connectivity index (χ0v) is 52.6. The number of nitrogens with zero attached hydrogens (tertiary/aromatic N) is 2. The van der Waals surface area contributed by atoms with Crippen molar-refractivity contribution in [1.29, 1.82) is 0 Å². The van der Waals surface area contributed by atoms with Crippen LogP contribution in [0, 0.1) is 47.4 Å². The number of anilines is 2. The van der Waals surface area contributed by atoms with Gasteiger partial charge in [-0.3, -0.25) is 9.59 Å². The Morgan fingerprint density at radius 1 is 0.570 bits per heavy atom. The number of benzene rings is 4. The van der Waals surface area contributed by atoms with Gasteiger partial charge in [-0.25, -0.2) is 26.3 Å². The van der Waals surface area contributed by atoms with Gasteiger partial charge in [-0.15, -0.1) is 11.8 Å². The van der Waals surface area contributed by atoms with Crippen LogP contribution in [-0.4, -0.2) is 101 Å². The van der Waals surface area contributed by atoms with E-state index in [1.54, 1.807) is 64.1 Å². The van der Waals surface area contributed by atoms with Crippen LogP contribution >= 0.6 is 23.2 Å². The Bertz CT molecular complexity index is 3490. The summed E-state index contributed by atoms with van der Waals surface area (Å²) in [6.07, 6.45) is 12.9. The summed E-state index contributed by atoms with van der Waals surface area (Å²) in [4.78, 5) is 31.3. The molecule has 12 rings (SSSR count). The molecule has 0 unspecified atom stereocenters. The highest BCUT2D eigenvalue weighted by Gasteiger charge is 2.46. The third-order valence-electron chi connectivity index (χ3n) is 19.7. The van der Waals surface area contributed by atoms with Gasteiger partial charge in [0.15, 0.2) is 0 Å². The quantitative estimate of drug-likeness (QED) is 0.122. The molecule has 0 radical (unpaired) electrons. The molecule has 4 heterocycles. The SMILES string of the molecule is CC#C/C1=C\[C@@H](O)CC[C@@H](C)S(=O)(=O)NC(=O)c2ccc3c(c2)N(C[C@@H]2CC[C@@H]12)C[C@@]1(CCCc2cc(Cl)ccc21)CO3.CC#C/C1=C\[C@H](O)CC[C@@H](C)S(=O)(=O)NC(=O)c2ccc3c(c2)N(C[C@@H]2CC[C@@H]12)C[C@@]1(CCCc2cc(Cl)ccc21)CO3. The molecule has 0 saturated heterocycles. The number of rotatable bonds is 0. The van der Waals surface area contributed by atoms with E-state index >= 15 is 0 Å². The molecule has 10 atom stereocenters. The number of carbonyl (C=O) groups is 2. The second-order valence-electron chi connectivity index (χ2n) is 25.3. The van der Waals surface area contributed by atoms with Crippen LogP contribution in [0.1, 0.15) is 148 Å². The van der Waals surface area contributed by atoms with Crippen molar-refractivity contribution in [2.75, 3.05) is 49.2 Å². The third kappa shape index (κ3) is 12.8. The zero-order valence-electron chi connectivity index (χ0n) is 49.5. The number of hydrogen-bond donors (Lipinski definition) is 4. The Balaban J connectivity index is 0.000000179. The van der Waals surface area contributed by atoms with Crippen LogP contribution < -0.4 is 28.7 Å². The van der Waals surface area contributed by atoms with Gasteiger partial charge in [0.25, 0.3) is 11.8 Å². The summed E-state index contributed by atoms with van der Waals surface area (Å²) >= 11 is 12.8. The van der Waals surface area contributed by atoms with Crippen LogP contribution in [0.25, 0.3) is 0 Å². The Labute approximate surface area is 517 Å². The molecule has 2 fully saturated rings. The molecule has 2 saturated carbocycles. The van der Waals surface area contributed by atoms with E-state index in [1.165, 1.54) is 22.3 Å². The number of halogens is 2. The number of amides is 2. The number of nitrogens with one attached hydrogen (secondary N) is 2. The average molecular weight is 1250 g/mol. The van der Waals surface area contributed by atoms with E-state index in [0.717, 1.165) is 110 Å². The number of ether oxygens (including phenoxy) is 2. The van der Waals surface area contributed by atoms with Crippen molar-refractivity contribution in [3.63, 3.8) is 0 Å². The van der Waals surface area contributed by atoms with Gasteiger partial charge in [0.2, 0.25) is 20.0 Å². The van der Waals surface area contributed by atoms with Gasteiger partial charge < -0.3 is 29.5 Å². The topological polar surface area (TPSA) is 192 Å². The van der Waals surface area contributed by atoms with Gasteiger partial charge in [-0.1, -0.05) is 47.2 Å². The lowest BCUT2D eigenvalue weighted by Gasteiger charge is -2.44. The molecule has 4 bridgehead atoms. The fraction of sp³-hybridized carbons (Fsp3) is 0.500. The largest absolute Gasteiger partial charge is 0.490 e. The first kappa shape index (κ1) is 61.7. The first-order chi connectivity index (χ1) is 41.2. The number of aryl methyl sites for hydroxylation is 2. The molecule has 2 amide bonds. The molecular weight excluding hydrogens is 1170 g/mol. The highest BCUT2D eigenvalue weighted by Crippen LogP contribution is 2.50. The number of fused-ring (bicyclic) bond motifs is 8. The maximum Gasteiger partial charge on any atom is 0.264 e. The van der Waals surface area contributed by atoms with Gasteiger partial charge in [0, 0.05) is 69.3 Å². The molecule has 2 spiro atoms. The van der Waals surface area contributed by atoms with Crippen LogP contribution in [0.2, 0.25) is 10.0 Å². The van der Waals surface area contributed by atoms with Crippen LogP contribution in [0.3, 0.4) is 0 Å². The van der Waals surface area contributed by atoms with Crippen LogP contribution in [0.4, 0.5) is 11.4 Å². The standard InChI is InChI=1S/2C34H39ClN2O5S/c2*1-3-5-23-17-28(38)11-7-22(2)43(40,41)36-33(39)25-9-14-32-31(18-25)37(19-26-8-12-29(23)26)20-34(21-42-32)15-4-6-24-16-27(35)10-13-30(24)34/h2*9-10,13-14,16-18,22,26,28-29,38H,4,6-8,11-12,15,19-21H2,1-2H3,(H,36,39)/b2*23-17+/t22-,26+,28+,29+,34+;22-,26+,28-,29+,34+/m11/s1. The van der Waals surface area contributed by atoms with Crippen molar-refractivity contribution in [2.45, 2.75) is 151 Å². The molecule has 86 heavy (non-hydrogen) atoms. The first-order valence-corrected chi connectivity index (χ1v) is 34.4. The second kappa shape index (κ2) is 25.3. The lowest BCUT2D eigenvalue weighted by molar-refractivity contribution is 0.0972. The number of aliphatic hydroxyl groups excluding tert-OH is 2. The van der Waals surface area contributed by atoms with Gasteiger partial charge in [-0.05, 0) is 236 Å². The number of sulfonamides is 2. The monoisotopic (exact) mass is 1240 g/mol. The van der Waals surface area contributed by atoms with Crippen molar-refractivity contribution in [1.82, 2.24) is 9.44 Å². The molecule has 4 aliphatic carbocycles. The summed E-state index contributed by atoms with van der Waals surface area (Å²) < 4.78 is 70.0. The lowest BCUT2D eigenvalue weighted by Crippen LogP contribution is -2.48. The van der Waals surface area contributed by atoms with Gasteiger partial charge in [0.1, 0.15) is 11.5 Å². The Hall–Kier alpha value is -5.98. The number of aliphatic hydroxyl groups is 2. The molecule has 4 N–H and O–H groups in total. The molecular formula is C68H78Cl2N4O10S2. The van der Waals surface area contributed by atoms with Crippen molar-refractivity contribution in [3.8, 4) is 35.2 Å². The summed E-state index contributed by atoms with van der Waals surface area (Å²) in [5.74, 6) is 13.6. The minimum atomic E-state index is -3.96. The van der Waals surface area contributed by atoms with Crippen molar-refractivity contribution >= 4 is 66.4 Å². The summed E-state index contributed by atoms with van der Waals surface area (Å²) in [7, 11) is -7.92. The summed E-state index contributed by atoms with van der Waals surface area (Å²) in [5, 5.41) is 21.5. The minimum absolute atomic E-state index is 0.198. The van der Waals surface area contributed by atoms with Crippen LogP contribution in [-0.2, 0) is 43.7 Å². The number of hydrogen-bond acceptors (Lipinski definition) is 12. The van der Waals surface area contributed by atoms with Gasteiger partial charge in [0.05, 0.1) is 47.3 Å². The fourth-order valence-corrected chi connectivity index (χ4v) is 17.0. The zero-order chi connectivity index (χ0) is 60.7. The smallest absolute Gasteiger partial charge is 0.264 e. The third-order valence-corrected chi connectivity index (χ3v) is 23.7. The second-order valence-corrected chi connectivity index (χ2v) is 30.4. The molecule has 456 valence electrons. The van der Waals surface area contributed by atoms with Gasteiger partial charge in [-0.2, -0.15) is 0 Å². The number of allylic oxidation sites excluding steroid dienone is 2. The molecule has 18 heteroatoms. The highest BCUT2D eigenvalue weighted by molar-refractivity contribution is 7.91. The summed E-state index contributed by atoms with van der Waals surface area (Å²) in [5.41, 5.74) is 8.45. The van der Waals surface area contributed by atoms with Crippen LogP contribution in [0.15, 0.2) is 96.1 Å². The Morgan fingerprint density at radius 3 is 1.37 bits per heavy atom. The van der Waals surface area contributed by atoms with Crippen molar-refractivity contribution in [3.05, 3.63) is 140 Å². The summed E-state index contributed by atoms with van der Waals surface area (Å²) in [6, 6.07) is 22.8. The average Bonchev–Trinajstić information content (AvgIpc) is 1.60. The highest BCUT2D eigenvalue weighted by atomic mass is 35.5. The molecule has 0 aromatic heterocycles. The van der Waals surface area contributed by atoms with E-state index in [-0.39, 0.29) is 59.5 Å². The van der Waals surface area contributed by atoms with Gasteiger partial charge >= 0.3 is 0 Å². The summed E-state index contributed by atoms with van der Waals surface area (Å²) in [6.45, 7) is 10.6. The van der Waals surface area contributed by atoms with Crippen molar-refractivity contribution < 1.29 is 46.1 Å². The van der Waals surface area contributed by atoms with E-state index in [2.05, 4.69) is 67.2 Å². The molecule has 4 aromatic rings. The predicted molar refractivity (Wildman–Crippen MR) is 338 cm³/mol.